The summed E-state index contributed by atoms with van der Waals surface area (Å²) in [6.45, 7) is 0. The van der Waals surface area contributed by atoms with E-state index in [9.17, 15) is 8.78 Å². The number of ether oxygens (including phenoxy) is 1. The van der Waals surface area contributed by atoms with Crippen LogP contribution in [0.2, 0.25) is 0 Å². The minimum absolute atomic E-state index is 0.166. The quantitative estimate of drug-likeness (QED) is 0.753. The van der Waals surface area contributed by atoms with E-state index in [2.05, 4.69) is 41.8 Å². The Bertz CT molecular complexity index is 673. The number of benzene rings is 1. The molecule has 0 amide bonds. The summed E-state index contributed by atoms with van der Waals surface area (Å²) in [7, 11) is 1.45. The van der Waals surface area contributed by atoms with Gasteiger partial charge >= 0.3 is 0 Å². The van der Waals surface area contributed by atoms with Crippen LogP contribution in [0.15, 0.2) is 27.9 Å². The Morgan fingerprint density at radius 3 is 2.60 bits per heavy atom. The van der Waals surface area contributed by atoms with E-state index >= 15 is 0 Å². The van der Waals surface area contributed by atoms with Crippen molar-refractivity contribution in [2.24, 2.45) is 0 Å². The van der Waals surface area contributed by atoms with Crippen molar-refractivity contribution >= 4 is 37.9 Å². The Hall–Kier alpha value is -1.34. The van der Waals surface area contributed by atoms with E-state index < -0.39 is 11.6 Å². The zero-order valence-corrected chi connectivity index (χ0v) is 13.4. The lowest BCUT2D eigenvalue weighted by Gasteiger charge is -2.10. The maximum atomic E-state index is 13.9. The molecule has 0 aliphatic heterocycles. The Labute approximate surface area is 131 Å². The Kier molecular flexibility index (Phi) is 4.82. The van der Waals surface area contributed by atoms with Gasteiger partial charge in [0.2, 0.25) is 5.88 Å². The van der Waals surface area contributed by atoms with Crippen LogP contribution in [0.5, 0.6) is 5.88 Å². The second-order valence-corrected chi connectivity index (χ2v) is 6.48. The smallest absolute Gasteiger partial charge is 0.224 e. The Morgan fingerprint density at radius 2 is 2.00 bits per heavy atom. The maximum absolute atomic E-state index is 13.9. The van der Waals surface area contributed by atoms with Gasteiger partial charge in [-0.25, -0.2) is 18.7 Å². The van der Waals surface area contributed by atoms with Crippen molar-refractivity contribution in [3.8, 4) is 17.1 Å². The van der Waals surface area contributed by atoms with Crippen LogP contribution in [-0.2, 0) is 0 Å². The molecule has 0 saturated carbocycles. The highest BCUT2D eigenvalue weighted by Crippen LogP contribution is 2.32. The van der Waals surface area contributed by atoms with Crippen LogP contribution in [-0.4, -0.2) is 17.1 Å². The summed E-state index contributed by atoms with van der Waals surface area (Å²) in [5.74, 6) is -1.06. The largest absolute Gasteiger partial charge is 0.480 e. The minimum Gasteiger partial charge on any atom is -0.480 e. The first-order chi connectivity index (χ1) is 9.52. The molecule has 104 valence electrons. The average Bonchev–Trinajstić information content (AvgIpc) is 2.39. The van der Waals surface area contributed by atoms with Crippen molar-refractivity contribution in [3.63, 3.8) is 0 Å². The summed E-state index contributed by atoms with van der Waals surface area (Å²) >= 11 is 6.45. The van der Waals surface area contributed by atoms with Crippen LogP contribution >= 0.6 is 31.9 Å². The van der Waals surface area contributed by atoms with E-state index in [1.807, 2.05) is 0 Å². The average molecular weight is 406 g/mol. The third kappa shape index (κ3) is 3.21. The molecule has 0 N–H and O–H groups in total. The molecular weight excluding hydrogens is 398 g/mol. The fraction of sp³-hybridized carbons (Fsp3) is 0.0769. The van der Waals surface area contributed by atoms with Crippen LogP contribution in [0.4, 0.5) is 8.78 Å². The molecule has 1 heterocycles. The van der Waals surface area contributed by atoms with Gasteiger partial charge in [-0.3, -0.25) is 0 Å². The van der Waals surface area contributed by atoms with Gasteiger partial charge in [-0.1, -0.05) is 0 Å². The fourth-order valence-corrected chi connectivity index (χ4v) is 2.14. The summed E-state index contributed by atoms with van der Waals surface area (Å²) in [6, 6.07) is 3.30. The lowest BCUT2D eigenvalue weighted by atomic mass is 10.1. The SMILES string of the molecule is COc1ncnc(-c2ccc(F)cc2F)c1C=C(Br)Br. The van der Waals surface area contributed by atoms with Crippen LogP contribution < -0.4 is 4.74 Å². The lowest BCUT2D eigenvalue weighted by molar-refractivity contribution is 0.396. The van der Waals surface area contributed by atoms with Crippen LogP contribution in [0.1, 0.15) is 5.56 Å². The van der Waals surface area contributed by atoms with Crippen molar-refractivity contribution in [3.05, 3.63) is 45.1 Å². The molecule has 7 heteroatoms. The predicted molar refractivity (Wildman–Crippen MR) is 79.8 cm³/mol. The van der Waals surface area contributed by atoms with Crippen molar-refractivity contribution in [2.75, 3.05) is 7.11 Å². The highest BCUT2D eigenvalue weighted by Gasteiger charge is 2.16. The zero-order valence-electron chi connectivity index (χ0n) is 10.2. The summed E-state index contributed by atoms with van der Waals surface area (Å²) in [5, 5.41) is 0. The number of methoxy groups -OCH3 is 1. The van der Waals surface area contributed by atoms with Crippen LogP contribution in [0.25, 0.3) is 17.3 Å². The molecule has 0 bridgehead atoms. The normalized spacial score (nSPS) is 10.2. The molecule has 0 radical (unpaired) electrons. The van der Waals surface area contributed by atoms with Gasteiger partial charge in [-0.15, -0.1) is 0 Å². The Morgan fingerprint density at radius 1 is 1.25 bits per heavy atom. The number of nitrogens with zero attached hydrogens (tertiary/aromatic N) is 2. The molecule has 0 atom stereocenters. The molecule has 0 aliphatic rings. The summed E-state index contributed by atoms with van der Waals surface area (Å²) in [4.78, 5) is 8.03. The van der Waals surface area contributed by atoms with Crippen LogP contribution in [0, 0.1) is 11.6 Å². The third-order valence-corrected chi connectivity index (χ3v) is 2.94. The van der Waals surface area contributed by atoms with Gasteiger partial charge in [0.1, 0.15) is 18.0 Å². The first kappa shape index (κ1) is 15.1. The minimum atomic E-state index is -0.703. The number of hydrogen-bond acceptors (Lipinski definition) is 3. The molecule has 2 aromatic rings. The third-order valence-electron chi connectivity index (χ3n) is 2.48. The van der Waals surface area contributed by atoms with Gasteiger partial charge in [-0.2, -0.15) is 0 Å². The van der Waals surface area contributed by atoms with Gasteiger partial charge in [-0.05, 0) is 50.1 Å². The Balaban J connectivity index is 2.70. The molecule has 0 spiro atoms. The number of halogens is 4. The van der Waals surface area contributed by atoms with Crippen LogP contribution in [0.3, 0.4) is 0 Å². The molecule has 2 rings (SSSR count). The number of hydrogen-bond donors (Lipinski definition) is 0. The summed E-state index contributed by atoms with van der Waals surface area (Å²) in [5.41, 5.74) is 0.953. The van der Waals surface area contributed by atoms with Gasteiger partial charge in [0, 0.05) is 11.6 Å². The fourth-order valence-electron chi connectivity index (χ4n) is 1.68. The highest BCUT2D eigenvalue weighted by atomic mass is 79.9. The van der Waals surface area contributed by atoms with Crippen molar-refractivity contribution < 1.29 is 13.5 Å². The summed E-state index contributed by atoms with van der Waals surface area (Å²) in [6.07, 6.45) is 2.90. The molecule has 1 aromatic carbocycles. The molecule has 1 aromatic heterocycles. The standard InChI is InChI=1S/C13H8Br2F2N2O/c1-20-13-9(5-11(14)15)12(18-6-19-13)8-3-2-7(16)4-10(8)17/h2-6H,1H3. The van der Waals surface area contributed by atoms with E-state index in [1.165, 1.54) is 25.6 Å². The molecule has 0 saturated heterocycles. The first-order valence-electron chi connectivity index (χ1n) is 5.40. The van der Waals surface area contributed by atoms with Gasteiger partial charge in [0.25, 0.3) is 0 Å². The van der Waals surface area contributed by atoms with Gasteiger partial charge < -0.3 is 4.74 Å². The van der Waals surface area contributed by atoms with E-state index in [0.29, 0.717) is 14.6 Å². The van der Waals surface area contributed by atoms with E-state index in [4.69, 9.17) is 4.74 Å². The van der Waals surface area contributed by atoms with Crippen molar-refractivity contribution in [1.82, 2.24) is 9.97 Å². The zero-order chi connectivity index (χ0) is 14.7. The van der Waals surface area contributed by atoms with Crippen molar-refractivity contribution in [2.45, 2.75) is 0 Å². The second kappa shape index (κ2) is 6.41. The topological polar surface area (TPSA) is 35.0 Å². The second-order valence-electron chi connectivity index (χ2n) is 3.70. The van der Waals surface area contributed by atoms with E-state index in [-0.39, 0.29) is 11.4 Å². The van der Waals surface area contributed by atoms with Gasteiger partial charge in [0.15, 0.2) is 0 Å². The molecule has 3 nitrogen and oxygen atoms in total. The van der Waals surface area contributed by atoms with E-state index in [0.717, 1.165) is 6.07 Å². The maximum Gasteiger partial charge on any atom is 0.224 e. The monoisotopic (exact) mass is 404 g/mol. The highest BCUT2D eigenvalue weighted by molar-refractivity contribution is 9.28. The van der Waals surface area contributed by atoms with Gasteiger partial charge in [0.05, 0.1) is 21.8 Å². The molecule has 20 heavy (non-hydrogen) atoms. The molecule has 0 fully saturated rings. The van der Waals surface area contributed by atoms with Crippen molar-refractivity contribution in [1.29, 1.82) is 0 Å². The molecular formula is C13H8Br2F2N2O. The lowest BCUT2D eigenvalue weighted by Crippen LogP contribution is -1.98. The number of rotatable bonds is 3. The molecule has 0 unspecified atom stereocenters. The molecule has 0 aliphatic carbocycles. The first-order valence-corrected chi connectivity index (χ1v) is 6.98. The summed E-state index contributed by atoms with van der Waals surface area (Å²) < 4.78 is 32.6. The number of aromatic nitrogens is 2. The van der Waals surface area contributed by atoms with E-state index in [1.54, 1.807) is 6.08 Å². The predicted octanol–water partition coefficient (Wildman–Crippen LogP) is 4.52.